The molecule has 1 aromatic heterocycles. The highest BCUT2D eigenvalue weighted by molar-refractivity contribution is 7.26. The Morgan fingerprint density at radius 3 is 1.68 bits per heavy atom. The molecule has 13 rings (SSSR count). The third-order valence-electron chi connectivity index (χ3n) is 19.8. The second-order valence-corrected chi connectivity index (χ2v) is 31.3. The van der Waals surface area contributed by atoms with Crippen molar-refractivity contribution in [3.63, 3.8) is 0 Å². The van der Waals surface area contributed by atoms with Gasteiger partial charge < -0.3 is 14.7 Å². The number of fused-ring (bicyclic) bond motifs is 11. The van der Waals surface area contributed by atoms with E-state index in [1.807, 2.05) is 11.3 Å². The van der Waals surface area contributed by atoms with E-state index < -0.39 is 0 Å². The number of thiophene rings is 1. The summed E-state index contributed by atoms with van der Waals surface area (Å²) < 4.78 is 2.67. The second kappa shape index (κ2) is 18.0. The predicted molar refractivity (Wildman–Crippen MR) is 355 cm³/mol. The van der Waals surface area contributed by atoms with Gasteiger partial charge in [0.15, 0.2) is 0 Å². The van der Waals surface area contributed by atoms with Gasteiger partial charge in [0.1, 0.15) is 0 Å². The van der Waals surface area contributed by atoms with Gasteiger partial charge in [0.2, 0.25) is 0 Å². The van der Waals surface area contributed by atoms with Crippen molar-refractivity contribution in [1.82, 2.24) is 0 Å². The molecule has 0 amide bonds. The molecule has 0 bridgehead atoms. The van der Waals surface area contributed by atoms with Crippen LogP contribution in [-0.2, 0) is 32.5 Å². The van der Waals surface area contributed by atoms with Gasteiger partial charge >= 0.3 is 0 Å². The summed E-state index contributed by atoms with van der Waals surface area (Å²) in [5, 5.41) is 2.67. The highest BCUT2D eigenvalue weighted by Gasteiger charge is 2.58. The number of hydrogen-bond donors (Lipinski definition) is 0. The standard InChI is InChI=1S/C76H84BN3S/c1-70(2,3)48-26-23-27-53(40-48)78-63-44-52(74(13,14)15)28-33-59(63)77-60-34-32-55-57-42-50(72(7,8)9)31-37-66(57)81-69(55)68(60)79(61-35-29-49(71(4,5)6)41-56(61)47-24-19-18-20-25-47)65-46-54(45-64(78)67(65)77)80-62-36-30-51(73(10,11)12)43-58(62)75(16)38-21-22-39-76(75,80)17/h18-20,23-37,40-46H,21-22,38-39H2,1-17H3. The summed E-state index contributed by atoms with van der Waals surface area (Å²) >= 11 is 1.98. The molecule has 8 aromatic carbocycles. The zero-order chi connectivity index (χ0) is 57.3. The van der Waals surface area contributed by atoms with Crippen LogP contribution >= 0.6 is 11.3 Å². The summed E-state index contributed by atoms with van der Waals surface area (Å²) in [5.41, 5.74) is 24.5. The van der Waals surface area contributed by atoms with Crippen LogP contribution in [0.2, 0.25) is 0 Å². The Bertz CT molecular complexity index is 4030. The minimum atomic E-state index is -0.183. The average molecular weight is 1080 g/mol. The van der Waals surface area contributed by atoms with Gasteiger partial charge in [-0.3, -0.25) is 0 Å². The summed E-state index contributed by atoms with van der Waals surface area (Å²) in [6.07, 6.45) is 4.72. The van der Waals surface area contributed by atoms with Crippen molar-refractivity contribution in [2.75, 3.05) is 14.7 Å². The molecule has 1 saturated carbocycles. The number of nitrogens with zero attached hydrogens (tertiary/aromatic N) is 3. The maximum absolute atomic E-state index is 2.85. The van der Waals surface area contributed by atoms with E-state index in [1.54, 1.807) is 0 Å². The Balaban J connectivity index is 1.22. The fraction of sp³-hybridized carbons (Fsp3) is 0.368. The average Bonchev–Trinajstić information content (AvgIpc) is 2.95. The molecule has 0 radical (unpaired) electrons. The van der Waals surface area contributed by atoms with Gasteiger partial charge in [-0.05, 0) is 163 Å². The first-order chi connectivity index (χ1) is 38.1. The van der Waals surface area contributed by atoms with Crippen LogP contribution in [0.1, 0.15) is 177 Å². The maximum Gasteiger partial charge on any atom is 0.252 e. The van der Waals surface area contributed by atoms with Crippen molar-refractivity contribution in [2.24, 2.45) is 0 Å². The van der Waals surface area contributed by atoms with Crippen molar-refractivity contribution in [2.45, 2.75) is 181 Å². The SMILES string of the molecule is CC(C)(C)c1cccc(N2c3cc(C(C)(C)C)ccc3B3c4ccc5c(sc6ccc(C(C)(C)C)cc65)c4N(c4ccc(C(C)(C)C)cc4-c4ccccc4)c4cc(N5c6ccc(C(C)(C)C)cc6C6(C)CCCCC56C)cc2c43)c1. The molecule has 1 fully saturated rings. The molecule has 0 spiro atoms. The largest absolute Gasteiger partial charge is 0.334 e. The van der Waals surface area contributed by atoms with E-state index in [-0.39, 0.29) is 44.7 Å². The molecule has 4 heterocycles. The Morgan fingerprint density at radius 1 is 0.432 bits per heavy atom. The summed E-state index contributed by atoms with van der Waals surface area (Å²) in [7, 11) is 0. The summed E-state index contributed by atoms with van der Waals surface area (Å²) in [4.78, 5) is 8.31. The second-order valence-electron chi connectivity index (χ2n) is 30.2. The molecule has 3 nitrogen and oxygen atoms in total. The molecule has 2 atom stereocenters. The van der Waals surface area contributed by atoms with E-state index >= 15 is 0 Å². The summed E-state index contributed by atoms with van der Waals surface area (Å²) in [5.74, 6) is 0. The van der Waals surface area contributed by atoms with Crippen LogP contribution in [0, 0.1) is 0 Å². The molecule has 5 heteroatoms. The first-order valence-electron chi connectivity index (χ1n) is 30.2. The molecule has 3 aliphatic heterocycles. The lowest BCUT2D eigenvalue weighted by atomic mass is 9.33. The number of hydrogen-bond acceptors (Lipinski definition) is 4. The van der Waals surface area contributed by atoms with Crippen molar-refractivity contribution in [3.05, 3.63) is 185 Å². The first-order valence-corrected chi connectivity index (χ1v) is 31.1. The molecule has 9 aromatic rings. The lowest BCUT2D eigenvalue weighted by Crippen LogP contribution is -2.61. The molecule has 4 aliphatic rings. The summed E-state index contributed by atoms with van der Waals surface area (Å²) in [6.45, 7) is 40.6. The minimum absolute atomic E-state index is 0.0113. The Morgan fingerprint density at radius 2 is 1.00 bits per heavy atom. The van der Waals surface area contributed by atoms with Crippen LogP contribution in [0.5, 0.6) is 0 Å². The molecule has 0 saturated heterocycles. The fourth-order valence-corrected chi connectivity index (χ4v) is 15.9. The number of benzene rings is 8. The van der Waals surface area contributed by atoms with Crippen LogP contribution in [0.4, 0.5) is 45.5 Å². The van der Waals surface area contributed by atoms with Crippen molar-refractivity contribution >= 4 is 100 Å². The lowest BCUT2D eigenvalue weighted by molar-refractivity contribution is 0.195. The molecule has 2 unspecified atom stereocenters. The smallest absolute Gasteiger partial charge is 0.252 e. The monoisotopic (exact) mass is 1080 g/mol. The number of rotatable bonds is 4. The predicted octanol–water partition coefficient (Wildman–Crippen LogP) is 20.0. The Kier molecular flexibility index (Phi) is 11.9. The van der Waals surface area contributed by atoms with E-state index in [0.29, 0.717) is 0 Å². The Labute approximate surface area is 489 Å². The van der Waals surface area contributed by atoms with Crippen LogP contribution in [0.15, 0.2) is 152 Å². The van der Waals surface area contributed by atoms with E-state index in [1.165, 1.54) is 139 Å². The van der Waals surface area contributed by atoms with E-state index in [4.69, 9.17) is 0 Å². The van der Waals surface area contributed by atoms with E-state index in [9.17, 15) is 0 Å². The lowest BCUT2D eigenvalue weighted by Gasteiger charge is -2.51. The van der Waals surface area contributed by atoms with Gasteiger partial charge in [0, 0.05) is 60.6 Å². The van der Waals surface area contributed by atoms with Crippen molar-refractivity contribution in [3.8, 4) is 11.1 Å². The van der Waals surface area contributed by atoms with Gasteiger partial charge in [0.05, 0.1) is 21.6 Å². The van der Waals surface area contributed by atoms with E-state index in [0.717, 1.165) is 12.8 Å². The molecule has 412 valence electrons. The number of anilines is 8. The highest BCUT2D eigenvalue weighted by Crippen LogP contribution is 2.63. The van der Waals surface area contributed by atoms with Gasteiger partial charge in [-0.25, -0.2) is 0 Å². The summed E-state index contributed by atoms with van der Waals surface area (Å²) in [6, 6.07) is 60.8. The van der Waals surface area contributed by atoms with Crippen LogP contribution in [-0.4, -0.2) is 12.3 Å². The van der Waals surface area contributed by atoms with Gasteiger partial charge in [-0.1, -0.05) is 215 Å². The maximum atomic E-state index is 2.85. The topological polar surface area (TPSA) is 9.72 Å². The normalized spacial score (nSPS) is 19.0. The van der Waals surface area contributed by atoms with Crippen molar-refractivity contribution in [1.29, 1.82) is 0 Å². The third-order valence-corrected chi connectivity index (χ3v) is 21.0. The first kappa shape index (κ1) is 53.7. The minimum Gasteiger partial charge on any atom is -0.334 e. The zero-order valence-corrected chi connectivity index (χ0v) is 52.4. The highest BCUT2D eigenvalue weighted by atomic mass is 32.1. The molecule has 81 heavy (non-hydrogen) atoms. The molecule has 0 N–H and O–H groups in total. The van der Waals surface area contributed by atoms with Gasteiger partial charge in [-0.2, -0.15) is 0 Å². The molecule has 1 aliphatic carbocycles. The van der Waals surface area contributed by atoms with Crippen LogP contribution < -0.4 is 31.1 Å². The zero-order valence-electron chi connectivity index (χ0n) is 51.6. The third kappa shape index (κ3) is 8.31. The van der Waals surface area contributed by atoms with Crippen LogP contribution in [0.25, 0.3) is 31.3 Å². The van der Waals surface area contributed by atoms with Crippen molar-refractivity contribution < 1.29 is 0 Å². The van der Waals surface area contributed by atoms with Gasteiger partial charge in [0.25, 0.3) is 6.71 Å². The van der Waals surface area contributed by atoms with Crippen LogP contribution in [0.3, 0.4) is 0 Å². The van der Waals surface area contributed by atoms with E-state index in [2.05, 4.69) is 284 Å². The Hall–Kier alpha value is -6.56. The quantitative estimate of drug-likeness (QED) is 0.163. The molecular formula is C76H84BN3S. The van der Waals surface area contributed by atoms with Gasteiger partial charge in [-0.15, -0.1) is 11.3 Å². The molecular weight excluding hydrogens is 998 g/mol. The fourth-order valence-electron chi connectivity index (χ4n) is 14.6.